The molecule has 3 nitrogen and oxygen atoms in total. The molecule has 2 atom stereocenters. The summed E-state index contributed by atoms with van der Waals surface area (Å²) in [6.45, 7) is 14.6. The molecule has 0 aromatic rings. The van der Waals surface area contributed by atoms with E-state index in [0.29, 0.717) is 5.92 Å². The predicted octanol–water partition coefficient (Wildman–Crippen LogP) is 3.38. The van der Waals surface area contributed by atoms with Crippen molar-refractivity contribution < 1.29 is 13.6 Å². The van der Waals surface area contributed by atoms with E-state index in [9.17, 15) is 4.79 Å². The third-order valence-electron chi connectivity index (χ3n) is 2.77. The molecule has 100 valence electrons. The van der Waals surface area contributed by atoms with E-state index >= 15 is 0 Å². The van der Waals surface area contributed by atoms with Crippen molar-refractivity contribution in [3.8, 4) is 0 Å². The van der Waals surface area contributed by atoms with Gasteiger partial charge >= 0.3 is 5.97 Å². The molecule has 1 aliphatic carbocycles. The Balaban J connectivity index is 2.78. The van der Waals surface area contributed by atoms with Gasteiger partial charge in [0.05, 0.1) is 0 Å². The van der Waals surface area contributed by atoms with E-state index in [1.165, 1.54) is 0 Å². The topological polar surface area (TPSA) is 35.5 Å². The fraction of sp³-hybridized carbons (Fsp3) is 0.917. The molecule has 0 N–H and O–H groups in total. The van der Waals surface area contributed by atoms with Gasteiger partial charge in [0.15, 0.2) is 13.9 Å². The minimum atomic E-state index is -1.82. The first-order valence-electron chi connectivity index (χ1n) is 6.44. The van der Waals surface area contributed by atoms with Crippen molar-refractivity contribution in [3.63, 3.8) is 0 Å². The van der Waals surface area contributed by atoms with Crippen LogP contribution in [0.2, 0.25) is 39.3 Å². The highest BCUT2D eigenvalue weighted by atomic mass is 28.4. The van der Waals surface area contributed by atoms with Gasteiger partial charge in [0.1, 0.15) is 0 Å². The summed E-state index contributed by atoms with van der Waals surface area (Å²) in [6, 6.07) is 0. The van der Waals surface area contributed by atoms with Crippen LogP contribution in [0.25, 0.3) is 0 Å². The molecular weight excluding hydrogens is 248 g/mol. The summed E-state index contributed by atoms with van der Waals surface area (Å²) in [4.78, 5) is 12.3. The van der Waals surface area contributed by atoms with Gasteiger partial charge in [-0.05, 0) is 52.1 Å². The van der Waals surface area contributed by atoms with Crippen LogP contribution in [0.1, 0.15) is 19.8 Å². The molecule has 1 fully saturated rings. The molecule has 0 saturated heterocycles. The minimum absolute atomic E-state index is 0.106. The first-order valence-corrected chi connectivity index (χ1v) is 13.3. The van der Waals surface area contributed by atoms with Gasteiger partial charge in [0.2, 0.25) is 8.32 Å². The maximum Gasteiger partial charge on any atom is 0.324 e. The zero-order chi connectivity index (χ0) is 13.5. The highest BCUT2D eigenvalue weighted by Gasteiger charge is 2.63. The van der Waals surface area contributed by atoms with Crippen LogP contribution in [0.3, 0.4) is 0 Å². The lowest BCUT2D eigenvalue weighted by atomic mass is 10.2. The van der Waals surface area contributed by atoms with Crippen LogP contribution in [0.5, 0.6) is 0 Å². The molecule has 0 bridgehead atoms. The largest absolute Gasteiger partial charge is 0.518 e. The highest BCUT2D eigenvalue weighted by molar-refractivity contribution is 6.71. The van der Waals surface area contributed by atoms with Crippen molar-refractivity contribution in [2.45, 2.75) is 64.6 Å². The Hall–Kier alpha value is -0.136. The molecule has 1 rings (SSSR count). The summed E-state index contributed by atoms with van der Waals surface area (Å²) in [7, 11) is -3.53. The number of hydrogen-bond acceptors (Lipinski definition) is 3. The second-order valence-electron chi connectivity index (χ2n) is 6.92. The monoisotopic (exact) mass is 274 g/mol. The Labute approximate surface area is 107 Å². The van der Waals surface area contributed by atoms with Gasteiger partial charge in [-0.3, -0.25) is 4.79 Å². The van der Waals surface area contributed by atoms with Gasteiger partial charge in [0, 0.05) is 5.92 Å². The lowest BCUT2D eigenvalue weighted by molar-refractivity contribution is -0.146. The van der Waals surface area contributed by atoms with E-state index in [1.54, 1.807) is 0 Å². The van der Waals surface area contributed by atoms with Crippen LogP contribution < -0.4 is 0 Å². The van der Waals surface area contributed by atoms with Crippen molar-refractivity contribution in [2.24, 2.45) is 5.92 Å². The van der Waals surface area contributed by atoms with Crippen LogP contribution in [0.4, 0.5) is 0 Å². The Morgan fingerprint density at radius 3 is 2.00 bits per heavy atom. The van der Waals surface area contributed by atoms with Crippen molar-refractivity contribution in [3.05, 3.63) is 0 Å². The van der Waals surface area contributed by atoms with Crippen molar-refractivity contribution in [2.75, 3.05) is 0 Å². The van der Waals surface area contributed by atoms with E-state index in [1.807, 2.05) is 19.6 Å². The maximum absolute atomic E-state index is 12.3. The second kappa shape index (κ2) is 4.51. The third-order valence-corrected chi connectivity index (χ3v) is 4.55. The summed E-state index contributed by atoms with van der Waals surface area (Å²) in [5.74, 6) is 0.254. The first-order chi connectivity index (χ1) is 7.50. The van der Waals surface area contributed by atoms with E-state index < -0.39 is 22.2 Å². The molecule has 0 amide bonds. The van der Waals surface area contributed by atoms with E-state index in [-0.39, 0.29) is 5.97 Å². The van der Waals surface area contributed by atoms with Gasteiger partial charge < -0.3 is 8.85 Å². The fourth-order valence-corrected chi connectivity index (χ4v) is 4.26. The summed E-state index contributed by atoms with van der Waals surface area (Å²) >= 11 is 0. The molecule has 0 spiro atoms. The molecule has 1 saturated carbocycles. The number of carbonyl (C=O) groups excluding carboxylic acids is 1. The molecule has 1 aliphatic rings. The number of hydrogen-bond donors (Lipinski definition) is 0. The van der Waals surface area contributed by atoms with Crippen LogP contribution in [-0.2, 0) is 13.6 Å². The first kappa shape index (κ1) is 14.9. The Morgan fingerprint density at radius 1 is 1.18 bits per heavy atom. The normalized spacial score (nSPS) is 29.0. The van der Waals surface area contributed by atoms with E-state index in [0.717, 1.165) is 12.8 Å². The minimum Gasteiger partial charge on any atom is -0.518 e. The summed E-state index contributed by atoms with van der Waals surface area (Å²) in [5.41, 5.74) is -0.598. The number of rotatable bonds is 5. The average Bonchev–Trinajstić information content (AvgIpc) is 2.73. The SMILES string of the molecule is CCC1CC1(O[Si](C)(C)C)C(=O)O[Si](C)(C)C. The van der Waals surface area contributed by atoms with Gasteiger partial charge in [-0.2, -0.15) is 0 Å². The Bertz CT molecular complexity index is 304. The standard InChI is InChI=1S/C12H26O3Si2/c1-8-10-9-12(10,15-17(5,6)7)11(13)14-16(2,3)4/h10H,8-9H2,1-7H3. The summed E-state index contributed by atoms with van der Waals surface area (Å²) in [5, 5.41) is 0. The molecule has 0 aliphatic heterocycles. The molecule has 5 heteroatoms. The smallest absolute Gasteiger partial charge is 0.324 e. The van der Waals surface area contributed by atoms with Gasteiger partial charge in [0.25, 0.3) is 0 Å². The third kappa shape index (κ3) is 3.93. The molecule has 0 radical (unpaired) electrons. The number of carbonyl (C=O) groups is 1. The Kier molecular flexibility index (Phi) is 3.96. The Morgan fingerprint density at radius 2 is 1.71 bits per heavy atom. The quantitative estimate of drug-likeness (QED) is 0.721. The molecule has 0 heterocycles. The summed E-state index contributed by atoms with van der Waals surface area (Å²) in [6.07, 6.45) is 1.84. The highest BCUT2D eigenvalue weighted by Crippen LogP contribution is 2.51. The lowest BCUT2D eigenvalue weighted by Gasteiger charge is -2.29. The van der Waals surface area contributed by atoms with Crippen LogP contribution >= 0.6 is 0 Å². The molecular formula is C12H26O3Si2. The van der Waals surface area contributed by atoms with Crippen LogP contribution in [0, 0.1) is 5.92 Å². The van der Waals surface area contributed by atoms with Crippen molar-refractivity contribution in [1.82, 2.24) is 0 Å². The van der Waals surface area contributed by atoms with E-state index in [2.05, 4.69) is 26.6 Å². The summed E-state index contributed by atoms with van der Waals surface area (Å²) < 4.78 is 11.8. The molecule has 0 aromatic carbocycles. The van der Waals surface area contributed by atoms with Crippen molar-refractivity contribution >= 4 is 22.6 Å². The predicted molar refractivity (Wildman–Crippen MR) is 75.0 cm³/mol. The molecule has 0 aromatic heterocycles. The van der Waals surface area contributed by atoms with Gasteiger partial charge in [-0.25, -0.2) is 0 Å². The maximum atomic E-state index is 12.3. The van der Waals surface area contributed by atoms with Crippen LogP contribution in [0.15, 0.2) is 0 Å². The molecule has 2 unspecified atom stereocenters. The molecule has 17 heavy (non-hydrogen) atoms. The van der Waals surface area contributed by atoms with E-state index in [4.69, 9.17) is 8.85 Å². The lowest BCUT2D eigenvalue weighted by Crippen LogP contribution is -2.44. The van der Waals surface area contributed by atoms with Gasteiger partial charge in [-0.1, -0.05) is 6.92 Å². The zero-order valence-corrected chi connectivity index (χ0v) is 14.2. The van der Waals surface area contributed by atoms with Crippen LogP contribution in [-0.4, -0.2) is 28.2 Å². The fourth-order valence-electron chi connectivity index (χ4n) is 2.11. The van der Waals surface area contributed by atoms with Crippen molar-refractivity contribution in [1.29, 1.82) is 0 Å². The van der Waals surface area contributed by atoms with Gasteiger partial charge in [-0.15, -0.1) is 0 Å². The second-order valence-corrected chi connectivity index (χ2v) is 15.8. The average molecular weight is 275 g/mol. The zero-order valence-electron chi connectivity index (χ0n) is 12.2.